The Morgan fingerprint density at radius 3 is 2.81 bits per heavy atom. The van der Waals surface area contributed by atoms with E-state index in [2.05, 4.69) is 22.5 Å². The number of rotatable bonds is 6. The van der Waals surface area contributed by atoms with Crippen LogP contribution in [0.4, 0.5) is 0 Å². The first-order chi connectivity index (χ1) is 15.0. The highest BCUT2D eigenvalue weighted by Gasteiger charge is 2.39. The molecule has 0 radical (unpaired) electrons. The van der Waals surface area contributed by atoms with E-state index < -0.39 is 11.9 Å². The van der Waals surface area contributed by atoms with Gasteiger partial charge in [0.2, 0.25) is 11.8 Å². The first-order valence-electron chi connectivity index (χ1n) is 10.1. The van der Waals surface area contributed by atoms with E-state index in [9.17, 15) is 19.2 Å². The van der Waals surface area contributed by atoms with Crippen LogP contribution < -0.4 is 10.6 Å². The van der Waals surface area contributed by atoms with Crippen molar-refractivity contribution >= 4 is 35.4 Å². The number of thioether (sulfide) groups is 1. The highest BCUT2D eigenvalue weighted by molar-refractivity contribution is 7.99. The minimum Gasteiger partial charge on any atom is -0.347 e. The second-order valence-electron chi connectivity index (χ2n) is 7.39. The van der Waals surface area contributed by atoms with Gasteiger partial charge in [0, 0.05) is 36.2 Å². The van der Waals surface area contributed by atoms with Crippen LogP contribution in [0.1, 0.15) is 51.7 Å². The quantitative estimate of drug-likeness (QED) is 0.527. The molecule has 2 aliphatic rings. The molecular formula is C22H22N4O4S. The topological polar surface area (TPSA) is 108 Å². The second-order valence-corrected chi connectivity index (χ2v) is 8.72. The van der Waals surface area contributed by atoms with Crippen molar-refractivity contribution < 1.29 is 19.2 Å². The zero-order valence-electron chi connectivity index (χ0n) is 17.0. The van der Waals surface area contributed by atoms with Crippen LogP contribution in [-0.4, -0.2) is 45.3 Å². The van der Waals surface area contributed by atoms with E-state index in [-0.39, 0.29) is 24.1 Å². The number of aromatic nitrogens is 1. The highest BCUT2D eigenvalue weighted by Crippen LogP contribution is 2.28. The molecule has 2 aliphatic heterocycles. The molecule has 1 unspecified atom stereocenters. The Kier molecular flexibility index (Phi) is 6.03. The number of imide groups is 1. The number of piperidine rings is 1. The van der Waals surface area contributed by atoms with Crippen LogP contribution in [0, 0.1) is 0 Å². The van der Waals surface area contributed by atoms with Gasteiger partial charge in [-0.05, 0) is 41.5 Å². The molecule has 1 saturated heterocycles. The Balaban J connectivity index is 1.39. The molecule has 0 saturated carbocycles. The third-order valence-electron chi connectivity index (χ3n) is 5.32. The van der Waals surface area contributed by atoms with Crippen LogP contribution in [-0.2, 0) is 22.7 Å². The van der Waals surface area contributed by atoms with Crippen molar-refractivity contribution in [2.75, 3.05) is 5.75 Å². The van der Waals surface area contributed by atoms with Crippen LogP contribution in [0.3, 0.4) is 0 Å². The van der Waals surface area contributed by atoms with Crippen molar-refractivity contribution in [2.24, 2.45) is 0 Å². The number of carbonyl (C=O) groups excluding carboxylic acids is 4. The fourth-order valence-corrected chi connectivity index (χ4v) is 4.40. The molecule has 1 fully saturated rings. The fourth-order valence-electron chi connectivity index (χ4n) is 3.78. The first-order valence-corrected chi connectivity index (χ1v) is 11.1. The van der Waals surface area contributed by atoms with Crippen molar-refractivity contribution in [3.8, 4) is 0 Å². The van der Waals surface area contributed by atoms with Crippen molar-refractivity contribution in [1.29, 1.82) is 0 Å². The molecule has 0 spiro atoms. The van der Waals surface area contributed by atoms with Crippen LogP contribution in [0.2, 0.25) is 0 Å². The molecule has 0 aliphatic carbocycles. The maximum atomic E-state index is 12.7. The van der Waals surface area contributed by atoms with Crippen LogP contribution in [0.25, 0.3) is 0 Å². The van der Waals surface area contributed by atoms with E-state index in [1.165, 1.54) is 4.90 Å². The molecule has 4 rings (SSSR count). The van der Waals surface area contributed by atoms with Gasteiger partial charge in [0.1, 0.15) is 11.7 Å². The summed E-state index contributed by atoms with van der Waals surface area (Å²) in [4.78, 5) is 55.4. The summed E-state index contributed by atoms with van der Waals surface area (Å²) in [5, 5.41) is 5.14. The molecule has 1 atom stereocenters. The monoisotopic (exact) mass is 438 g/mol. The summed E-state index contributed by atoms with van der Waals surface area (Å²) in [6.07, 6.45) is 2.24. The van der Waals surface area contributed by atoms with Gasteiger partial charge in [-0.25, -0.2) is 4.98 Å². The predicted molar refractivity (Wildman–Crippen MR) is 114 cm³/mol. The number of pyridine rings is 1. The SMILES string of the molecule is CCSc1ccc(C(=O)NCc2ccc3c(c2)CN(C2CCC(=O)NC2=O)C3=O)nc1. The van der Waals surface area contributed by atoms with Gasteiger partial charge in [-0.1, -0.05) is 19.1 Å². The number of nitrogens with one attached hydrogen (secondary N) is 2. The summed E-state index contributed by atoms with van der Waals surface area (Å²) >= 11 is 1.66. The summed E-state index contributed by atoms with van der Waals surface area (Å²) in [6.45, 7) is 2.66. The number of carbonyl (C=O) groups is 4. The lowest BCUT2D eigenvalue weighted by Gasteiger charge is -2.29. The van der Waals surface area contributed by atoms with Crippen LogP contribution in [0.5, 0.6) is 0 Å². The normalized spacial score (nSPS) is 18.0. The summed E-state index contributed by atoms with van der Waals surface area (Å²) in [6, 6.07) is 8.32. The number of hydrogen-bond donors (Lipinski definition) is 2. The molecule has 31 heavy (non-hydrogen) atoms. The Hall–Kier alpha value is -3.20. The Morgan fingerprint density at radius 1 is 1.26 bits per heavy atom. The van der Waals surface area contributed by atoms with Gasteiger partial charge < -0.3 is 10.2 Å². The van der Waals surface area contributed by atoms with E-state index in [1.807, 2.05) is 12.1 Å². The minimum absolute atomic E-state index is 0.214. The molecule has 8 nitrogen and oxygen atoms in total. The number of benzene rings is 1. The first kappa shape index (κ1) is 21.0. The van der Waals surface area contributed by atoms with Gasteiger partial charge in [0.05, 0.1) is 0 Å². The summed E-state index contributed by atoms with van der Waals surface area (Å²) in [5.74, 6) is -0.281. The summed E-state index contributed by atoms with van der Waals surface area (Å²) in [7, 11) is 0. The largest absolute Gasteiger partial charge is 0.347 e. The molecule has 9 heteroatoms. The Morgan fingerprint density at radius 2 is 2.10 bits per heavy atom. The van der Waals surface area contributed by atoms with Gasteiger partial charge in [-0.2, -0.15) is 0 Å². The summed E-state index contributed by atoms with van der Waals surface area (Å²) < 4.78 is 0. The van der Waals surface area contributed by atoms with Crippen molar-refractivity contribution in [3.63, 3.8) is 0 Å². The number of amides is 4. The number of hydrogen-bond acceptors (Lipinski definition) is 6. The molecular weight excluding hydrogens is 416 g/mol. The van der Waals surface area contributed by atoms with Gasteiger partial charge in [-0.15, -0.1) is 11.8 Å². The van der Waals surface area contributed by atoms with Crippen LogP contribution in [0.15, 0.2) is 41.4 Å². The molecule has 3 heterocycles. The van der Waals surface area contributed by atoms with E-state index >= 15 is 0 Å². The molecule has 160 valence electrons. The number of fused-ring (bicyclic) bond motifs is 1. The molecule has 1 aromatic carbocycles. The third kappa shape index (κ3) is 4.46. The van der Waals surface area contributed by atoms with E-state index in [0.29, 0.717) is 30.8 Å². The van der Waals surface area contributed by atoms with E-state index in [0.717, 1.165) is 21.8 Å². The summed E-state index contributed by atoms with van der Waals surface area (Å²) in [5.41, 5.74) is 2.55. The predicted octanol–water partition coefficient (Wildman–Crippen LogP) is 1.88. The van der Waals surface area contributed by atoms with E-state index in [4.69, 9.17) is 0 Å². The number of nitrogens with zero attached hydrogens (tertiary/aromatic N) is 2. The van der Waals surface area contributed by atoms with Crippen molar-refractivity contribution in [2.45, 2.75) is 43.8 Å². The average Bonchev–Trinajstić information content (AvgIpc) is 3.08. The zero-order valence-corrected chi connectivity index (χ0v) is 17.8. The molecule has 0 bridgehead atoms. The van der Waals surface area contributed by atoms with Gasteiger partial charge in [0.25, 0.3) is 11.8 Å². The highest BCUT2D eigenvalue weighted by atomic mass is 32.2. The van der Waals surface area contributed by atoms with Gasteiger partial charge >= 0.3 is 0 Å². The standard InChI is InChI=1S/C22H22N4O4S/c1-2-31-15-4-6-17(23-11-15)20(28)24-10-13-3-5-16-14(9-13)12-26(22(16)30)18-7-8-19(27)25-21(18)29/h3-6,9,11,18H,2,7-8,10,12H2,1H3,(H,24,28)(H,25,27,29). The molecule has 1 aromatic heterocycles. The van der Waals surface area contributed by atoms with Gasteiger partial charge in [0.15, 0.2) is 0 Å². The smallest absolute Gasteiger partial charge is 0.270 e. The lowest BCUT2D eigenvalue weighted by Crippen LogP contribution is -2.52. The average molecular weight is 439 g/mol. The van der Waals surface area contributed by atoms with Gasteiger partial charge in [-0.3, -0.25) is 24.5 Å². The molecule has 4 amide bonds. The van der Waals surface area contributed by atoms with Crippen molar-refractivity contribution in [3.05, 3.63) is 58.9 Å². The fraction of sp³-hybridized carbons (Fsp3) is 0.318. The molecule has 2 N–H and O–H groups in total. The Bertz CT molecular complexity index is 1050. The lowest BCUT2D eigenvalue weighted by atomic mass is 10.0. The third-order valence-corrected chi connectivity index (χ3v) is 6.18. The lowest BCUT2D eigenvalue weighted by molar-refractivity contribution is -0.136. The van der Waals surface area contributed by atoms with E-state index in [1.54, 1.807) is 36.2 Å². The maximum Gasteiger partial charge on any atom is 0.270 e. The Labute approximate surface area is 183 Å². The molecule has 2 aromatic rings. The van der Waals surface area contributed by atoms with Crippen molar-refractivity contribution in [1.82, 2.24) is 20.5 Å². The minimum atomic E-state index is -0.638. The second kappa shape index (κ2) is 8.89. The maximum absolute atomic E-state index is 12.7. The zero-order chi connectivity index (χ0) is 22.0. The van der Waals surface area contributed by atoms with Crippen LogP contribution >= 0.6 is 11.8 Å².